The van der Waals surface area contributed by atoms with Gasteiger partial charge in [0.1, 0.15) is 11.3 Å². The van der Waals surface area contributed by atoms with Crippen LogP contribution in [-0.4, -0.2) is 82.5 Å². The van der Waals surface area contributed by atoms with Crippen molar-refractivity contribution in [3.05, 3.63) is 48.0 Å². The van der Waals surface area contributed by atoms with Crippen LogP contribution < -0.4 is 0 Å². The molecule has 0 fully saturated rings. The molecule has 0 spiro atoms. The quantitative estimate of drug-likeness (QED) is 0.365. The van der Waals surface area contributed by atoms with Gasteiger partial charge in [-0.1, -0.05) is 0 Å². The van der Waals surface area contributed by atoms with Crippen molar-refractivity contribution in [2.45, 2.75) is 4.90 Å². The average molecular weight is 376 g/mol. The predicted octanol–water partition coefficient (Wildman–Crippen LogP) is 2.19. The molecule has 0 amide bonds. The number of hydrogen-bond acceptors (Lipinski definition) is 7. The molecule has 0 saturated carbocycles. The van der Waals surface area contributed by atoms with Gasteiger partial charge in [0.05, 0.1) is 23.4 Å². The number of benzene rings is 2. The van der Waals surface area contributed by atoms with Gasteiger partial charge in [-0.25, -0.2) is 4.79 Å². The first-order valence-corrected chi connectivity index (χ1v) is 7.66. The second kappa shape index (κ2) is 8.81. The molecule has 2 N–H and O–H groups in total. The van der Waals surface area contributed by atoms with E-state index < -0.39 is 16.1 Å². The molecule has 0 saturated heterocycles. The van der Waals surface area contributed by atoms with Crippen molar-refractivity contribution in [1.29, 1.82) is 0 Å². The first-order valence-electron chi connectivity index (χ1n) is 6.22. The zero-order valence-electron chi connectivity index (χ0n) is 11.9. The molecule has 0 radical (unpaired) electrons. The van der Waals surface area contributed by atoms with Crippen LogP contribution in [0.4, 0.5) is 11.4 Å². The van der Waals surface area contributed by atoms with Crippen molar-refractivity contribution >= 4 is 78.8 Å². The molecule has 0 bridgehead atoms. The number of azo groups is 1. The van der Waals surface area contributed by atoms with Crippen LogP contribution in [0.25, 0.3) is 0 Å². The fraction of sp³-hybridized carbons (Fsp3) is 0.0714. The monoisotopic (exact) mass is 376 g/mol. The standard InChI is InChI=1S/C14H12N2O6S.K.H/c1-22-14(18)12-8-10(4-7-13(12)17)16-15-9-2-5-11(6-3-9)23(19,20)21;;/h2-8,17H,1H3,(H,19,20,21);;. The molecule has 0 aliphatic carbocycles. The van der Waals surface area contributed by atoms with E-state index in [0.29, 0.717) is 11.4 Å². The number of phenolic OH excluding ortho intramolecular Hbond substituents is 1. The number of carbonyl (C=O) groups is 1. The minimum absolute atomic E-state index is 0. The number of hydrogen-bond donors (Lipinski definition) is 2. The van der Waals surface area contributed by atoms with Crippen LogP contribution in [0.2, 0.25) is 0 Å². The van der Waals surface area contributed by atoms with Crippen molar-refractivity contribution in [3.63, 3.8) is 0 Å². The van der Waals surface area contributed by atoms with Gasteiger partial charge in [-0.15, -0.1) is 0 Å². The van der Waals surface area contributed by atoms with Gasteiger partial charge in [0.2, 0.25) is 0 Å². The van der Waals surface area contributed by atoms with E-state index in [1.165, 1.54) is 49.6 Å². The molecule has 0 aliphatic heterocycles. The van der Waals surface area contributed by atoms with E-state index in [2.05, 4.69) is 15.0 Å². The maximum absolute atomic E-state index is 11.5. The van der Waals surface area contributed by atoms with Crippen LogP contribution in [-0.2, 0) is 14.9 Å². The Hall–Kier alpha value is -1.14. The fourth-order valence-electron chi connectivity index (χ4n) is 1.66. The number of phenols is 1. The van der Waals surface area contributed by atoms with Gasteiger partial charge in [0.15, 0.2) is 0 Å². The molecular weight excluding hydrogens is 363 g/mol. The zero-order valence-corrected chi connectivity index (χ0v) is 12.7. The van der Waals surface area contributed by atoms with Gasteiger partial charge in [-0.3, -0.25) is 4.55 Å². The molecule has 10 heteroatoms. The Bertz CT molecular complexity index is 865. The van der Waals surface area contributed by atoms with Crippen LogP contribution in [0.5, 0.6) is 5.75 Å². The normalized spacial score (nSPS) is 11.1. The van der Waals surface area contributed by atoms with Crippen LogP contribution >= 0.6 is 0 Å². The van der Waals surface area contributed by atoms with Gasteiger partial charge in [-0.2, -0.15) is 18.6 Å². The summed E-state index contributed by atoms with van der Waals surface area (Å²) in [4.78, 5) is 11.2. The van der Waals surface area contributed by atoms with E-state index in [0.717, 1.165) is 0 Å². The second-order valence-corrected chi connectivity index (χ2v) is 5.78. The molecule has 122 valence electrons. The number of ether oxygens (including phenoxy) is 1. The summed E-state index contributed by atoms with van der Waals surface area (Å²) in [6.07, 6.45) is 0. The molecule has 0 aromatic heterocycles. The summed E-state index contributed by atoms with van der Waals surface area (Å²) in [5, 5.41) is 17.3. The van der Waals surface area contributed by atoms with E-state index >= 15 is 0 Å². The summed E-state index contributed by atoms with van der Waals surface area (Å²) in [6, 6.07) is 9.10. The summed E-state index contributed by atoms with van der Waals surface area (Å²) >= 11 is 0. The first-order chi connectivity index (χ1) is 10.8. The minimum atomic E-state index is -4.26. The summed E-state index contributed by atoms with van der Waals surface area (Å²) < 4.78 is 35.2. The van der Waals surface area contributed by atoms with E-state index in [4.69, 9.17) is 4.55 Å². The van der Waals surface area contributed by atoms with E-state index in [1.54, 1.807) is 0 Å². The van der Waals surface area contributed by atoms with Gasteiger partial charge in [-0.05, 0) is 42.5 Å². The Kier molecular flexibility index (Phi) is 7.67. The second-order valence-electron chi connectivity index (χ2n) is 4.36. The number of carbonyl (C=O) groups excluding carboxylic acids is 1. The summed E-state index contributed by atoms with van der Waals surface area (Å²) in [5.74, 6) is -0.953. The number of rotatable bonds is 4. The van der Waals surface area contributed by atoms with Crippen molar-refractivity contribution < 1.29 is 27.6 Å². The van der Waals surface area contributed by atoms with Crippen molar-refractivity contribution in [2.75, 3.05) is 7.11 Å². The molecule has 8 nitrogen and oxygen atoms in total. The van der Waals surface area contributed by atoms with Gasteiger partial charge in [0.25, 0.3) is 10.1 Å². The predicted molar refractivity (Wildman–Crippen MR) is 87.0 cm³/mol. The van der Waals surface area contributed by atoms with Gasteiger partial charge in [0, 0.05) is 0 Å². The molecule has 0 atom stereocenters. The molecular formula is C14H13KN2O6S. The number of aromatic hydroxyl groups is 1. The topological polar surface area (TPSA) is 126 Å². The molecule has 2 rings (SSSR count). The Labute approximate surface area is 180 Å². The molecule has 24 heavy (non-hydrogen) atoms. The first kappa shape index (κ1) is 20.9. The number of methoxy groups -OCH3 is 1. The van der Waals surface area contributed by atoms with E-state index in [-0.39, 0.29) is 67.6 Å². The Balaban J connectivity index is 0.00000288. The van der Waals surface area contributed by atoms with Gasteiger partial charge >= 0.3 is 57.4 Å². The SMILES string of the molecule is COC(=O)c1cc(N=Nc2ccc(S(=O)(=O)O)cc2)ccc1O.[KH]. The van der Waals surface area contributed by atoms with Crippen molar-refractivity contribution in [1.82, 2.24) is 0 Å². The average Bonchev–Trinajstić information content (AvgIpc) is 2.53. The van der Waals surface area contributed by atoms with Crippen LogP contribution in [0.3, 0.4) is 0 Å². The number of esters is 1. The van der Waals surface area contributed by atoms with Crippen molar-refractivity contribution in [3.8, 4) is 5.75 Å². The maximum atomic E-state index is 11.5. The summed E-state index contributed by atoms with van der Waals surface area (Å²) in [6.45, 7) is 0. The number of nitrogens with zero attached hydrogens (tertiary/aromatic N) is 2. The van der Waals surface area contributed by atoms with E-state index in [9.17, 15) is 18.3 Å². The third-order valence-corrected chi connectivity index (χ3v) is 3.67. The Morgan fingerprint density at radius 1 is 1.04 bits per heavy atom. The Morgan fingerprint density at radius 2 is 1.58 bits per heavy atom. The zero-order chi connectivity index (χ0) is 17.0. The fourth-order valence-corrected chi connectivity index (χ4v) is 2.14. The van der Waals surface area contributed by atoms with Gasteiger partial charge < -0.3 is 9.84 Å². The molecule has 0 heterocycles. The third-order valence-electron chi connectivity index (χ3n) is 2.80. The summed E-state index contributed by atoms with van der Waals surface area (Å²) in [5.41, 5.74) is 0.581. The molecule has 2 aromatic rings. The van der Waals surface area contributed by atoms with Crippen LogP contribution in [0.15, 0.2) is 57.6 Å². The van der Waals surface area contributed by atoms with Crippen LogP contribution in [0, 0.1) is 0 Å². The van der Waals surface area contributed by atoms with E-state index in [1.807, 2.05) is 0 Å². The summed E-state index contributed by atoms with van der Waals surface area (Å²) in [7, 11) is -3.07. The molecule has 0 unspecified atom stereocenters. The van der Waals surface area contributed by atoms with Crippen LogP contribution in [0.1, 0.15) is 10.4 Å². The van der Waals surface area contributed by atoms with Crippen molar-refractivity contribution in [2.24, 2.45) is 10.2 Å². The molecule has 0 aliphatic rings. The Morgan fingerprint density at radius 3 is 2.12 bits per heavy atom. The molecule has 2 aromatic carbocycles. The third kappa shape index (κ3) is 5.45.